The normalized spacial score (nSPS) is 20.4. The SMILES string of the molecule is COCCNS(=O)(=O)c1ccc(C(=O)N[C@@H]2CC[C@H](C(=O)O)C2)cc1. The number of hydrogen-bond acceptors (Lipinski definition) is 5. The second-order valence-electron chi connectivity index (χ2n) is 5.93. The first-order valence-electron chi connectivity index (χ1n) is 7.96. The molecule has 1 aliphatic rings. The highest BCUT2D eigenvalue weighted by Crippen LogP contribution is 2.26. The molecular weight excluding hydrogens is 348 g/mol. The molecule has 25 heavy (non-hydrogen) atoms. The van der Waals surface area contributed by atoms with E-state index in [2.05, 4.69) is 10.0 Å². The monoisotopic (exact) mass is 370 g/mol. The first-order valence-corrected chi connectivity index (χ1v) is 9.44. The number of nitrogens with one attached hydrogen (secondary N) is 2. The number of benzene rings is 1. The van der Waals surface area contributed by atoms with E-state index in [1.807, 2.05) is 0 Å². The van der Waals surface area contributed by atoms with Gasteiger partial charge in [0, 0.05) is 25.3 Å². The van der Waals surface area contributed by atoms with Crippen molar-refractivity contribution in [3.8, 4) is 0 Å². The summed E-state index contributed by atoms with van der Waals surface area (Å²) in [5, 5.41) is 11.8. The molecule has 1 aromatic carbocycles. The topological polar surface area (TPSA) is 122 Å². The van der Waals surface area contributed by atoms with Crippen molar-refractivity contribution in [2.75, 3.05) is 20.3 Å². The summed E-state index contributed by atoms with van der Waals surface area (Å²) < 4.78 is 31.3. The number of carbonyl (C=O) groups excluding carboxylic acids is 1. The van der Waals surface area contributed by atoms with Gasteiger partial charge in [-0.15, -0.1) is 0 Å². The van der Waals surface area contributed by atoms with E-state index in [0.717, 1.165) is 0 Å². The van der Waals surface area contributed by atoms with E-state index in [4.69, 9.17) is 9.84 Å². The lowest BCUT2D eigenvalue weighted by Gasteiger charge is -2.13. The van der Waals surface area contributed by atoms with Gasteiger partial charge in [-0.3, -0.25) is 9.59 Å². The number of sulfonamides is 1. The summed E-state index contributed by atoms with van der Waals surface area (Å²) in [5.74, 6) is -1.60. The molecule has 9 heteroatoms. The average molecular weight is 370 g/mol. The van der Waals surface area contributed by atoms with Crippen LogP contribution in [0.25, 0.3) is 0 Å². The van der Waals surface area contributed by atoms with Crippen LogP contribution >= 0.6 is 0 Å². The summed E-state index contributed by atoms with van der Waals surface area (Å²) in [7, 11) is -2.16. The third-order valence-electron chi connectivity index (χ3n) is 4.14. The van der Waals surface area contributed by atoms with E-state index in [9.17, 15) is 18.0 Å². The molecule has 0 saturated heterocycles. The van der Waals surface area contributed by atoms with Crippen LogP contribution < -0.4 is 10.0 Å². The molecule has 0 bridgehead atoms. The summed E-state index contributed by atoms with van der Waals surface area (Å²) in [6, 6.07) is 5.42. The second-order valence-corrected chi connectivity index (χ2v) is 7.70. The Labute approximate surface area is 146 Å². The van der Waals surface area contributed by atoms with E-state index in [1.54, 1.807) is 0 Å². The third kappa shape index (κ3) is 5.25. The largest absolute Gasteiger partial charge is 0.481 e. The van der Waals surface area contributed by atoms with Gasteiger partial charge in [-0.25, -0.2) is 13.1 Å². The maximum absolute atomic E-state index is 12.2. The fourth-order valence-electron chi connectivity index (χ4n) is 2.75. The van der Waals surface area contributed by atoms with Gasteiger partial charge < -0.3 is 15.2 Å². The zero-order valence-electron chi connectivity index (χ0n) is 13.9. The maximum atomic E-state index is 12.2. The molecule has 0 heterocycles. The lowest BCUT2D eigenvalue weighted by molar-refractivity contribution is -0.141. The molecule has 3 N–H and O–H groups in total. The molecule has 2 atom stereocenters. The summed E-state index contributed by atoms with van der Waals surface area (Å²) >= 11 is 0. The van der Waals surface area contributed by atoms with Crippen molar-refractivity contribution < 1.29 is 27.9 Å². The maximum Gasteiger partial charge on any atom is 0.306 e. The van der Waals surface area contributed by atoms with Crippen molar-refractivity contribution in [1.29, 1.82) is 0 Å². The molecule has 1 saturated carbocycles. The van der Waals surface area contributed by atoms with Crippen LogP contribution in [-0.2, 0) is 19.6 Å². The van der Waals surface area contributed by atoms with Gasteiger partial charge in [0.25, 0.3) is 5.91 Å². The fraction of sp³-hybridized carbons (Fsp3) is 0.500. The Morgan fingerprint density at radius 3 is 2.48 bits per heavy atom. The summed E-state index contributed by atoms with van der Waals surface area (Å²) in [6.07, 6.45) is 1.58. The minimum Gasteiger partial charge on any atom is -0.481 e. The standard InChI is InChI=1S/C16H22N2O6S/c1-24-9-8-17-25(22,23)14-6-3-11(4-7-14)15(19)18-13-5-2-12(10-13)16(20)21/h3-4,6-7,12-13,17H,2,5,8-10H2,1H3,(H,18,19)(H,20,21)/t12-,13+/m0/s1. The molecule has 0 aromatic heterocycles. The number of carboxylic acids is 1. The van der Waals surface area contributed by atoms with E-state index in [1.165, 1.54) is 31.4 Å². The average Bonchev–Trinajstić information content (AvgIpc) is 3.04. The third-order valence-corrected chi connectivity index (χ3v) is 5.62. The molecule has 1 aliphatic carbocycles. The molecule has 1 aromatic rings. The Morgan fingerprint density at radius 2 is 1.92 bits per heavy atom. The quantitative estimate of drug-likeness (QED) is 0.576. The molecule has 0 radical (unpaired) electrons. The van der Waals surface area contributed by atoms with Crippen LogP contribution in [0.5, 0.6) is 0 Å². The molecular formula is C16H22N2O6S. The van der Waals surface area contributed by atoms with Crippen LogP contribution in [0.4, 0.5) is 0 Å². The van der Waals surface area contributed by atoms with Gasteiger partial charge >= 0.3 is 5.97 Å². The minimum absolute atomic E-state index is 0.0620. The fourth-order valence-corrected chi connectivity index (χ4v) is 3.77. The van der Waals surface area contributed by atoms with Gasteiger partial charge in [0.15, 0.2) is 0 Å². The molecule has 0 unspecified atom stereocenters. The number of aliphatic carboxylic acids is 1. The minimum atomic E-state index is -3.64. The van der Waals surface area contributed by atoms with Crippen LogP contribution in [-0.4, -0.2) is 51.7 Å². The number of rotatable bonds is 8. The molecule has 0 aliphatic heterocycles. The first kappa shape index (κ1) is 19.4. The second kappa shape index (κ2) is 8.41. The predicted molar refractivity (Wildman–Crippen MR) is 89.7 cm³/mol. The van der Waals surface area contributed by atoms with E-state index < -0.39 is 21.9 Å². The van der Waals surface area contributed by atoms with Crippen molar-refractivity contribution in [3.63, 3.8) is 0 Å². The summed E-state index contributed by atoms with van der Waals surface area (Å²) in [4.78, 5) is 23.2. The van der Waals surface area contributed by atoms with Gasteiger partial charge in [0.05, 0.1) is 17.4 Å². The number of carboxylic acid groups (broad SMARTS) is 1. The van der Waals surface area contributed by atoms with Gasteiger partial charge in [0.1, 0.15) is 0 Å². The molecule has 1 amide bonds. The number of amides is 1. The summed E-state index contributed by atoms with van der Waals surface area (Å²) in [5.41, 5.74) is 0.328. The zero-order valence-corrected chi connectivity index (χ0v) is 14.7. The van der Waals surface area contributed by atoms with Crippen LogP contribution in [0.2, 0.25) is 0 Å². The van der Waals surface area contributed by atoms with E-state index in [0.29, 0.717) is 24.8 Å². The molecule has 2 rings (SSSR count). The highest BCUT2D eigenvalue weighted by molar-refractivity contribution is 7.89. The molecule has 0 spiro atoms. The number of hydrogen-bond donors (Lipinski definition) is 3. The van der Waals surface area contributed by atoms with Crippen LogP contribution in [0.3, 0.4) is 0 Å². The zero-order chi connectivity index (χ0) is 18.4. The molecule has 138 valence electrons. The van der Waals surface area contributed by atoms with Crippen molar-refractivity contribution in [1.82, 2.24) is 10.0 Å². The van der Waals surface area contributed by atoms with Crippen LogP contribution in [0.15, 0.2) is 29.2 Å². The Kier molecular flexibility index (Phi) is 6.51. The highest BCUT2D eigenvalue weighted by atomic mass is 32.2. The number of ether oxygens (including phenoxy) is 1. The van der Waals surface area contributed by atoms with Gasteiger partial charge in [0.2, 0.25) is 10.0 Å². The Hall–Kier alpha value is -1.97. The highest BCUT2D eigenvalue weighted by Gasteiger charge is 2.30. The summed E-state index contributed by atoms with van der Waals surface area (Å²) in [6.45, 7) is 0.423. The molecule has 1 fully saturated rings. The van der Waals surface area contributed by atoms with Crippen molar-refractivity contribution in [2.24, 2.45) is 5.92 Å². The van der Waals surface area contributed by atoms with Crippen molar-refractivity contribution in [3.05, 3.63) is 29.8 Å². The van der Waals surface area contributed by atoms with Crippen LogP contribution in [0, 0.1) is 5.92 Å². The van der Waals surface area contributed by atoms with Gasteiger partial charge in [-0.1, -0.05) is 0 Å². The molecule has 8 nitrogen and oxygen atoms in total. The predicted octanol–water partition coefficient (Wildman–Crippen LogP) is 0.594. The van der Waals surface area contributed by atoms with Crippen LogP contribution in [0.1, 0.15) is 29.6 Å². The lowest BCUT2D eigenvalue weighted by atomic mass is 10.1. The van der Waals surface area contributed by atoms with E-state index in [-0.39, 0.29) is 30.0 Å². The Morgan fingerprint density at radius 1 is 1.24 bits per heavy atom. The lowest BCUT2D eigenvalue weighted by Crippen LogP contribution is -2.33. The van der Waals surface area contributed by atoms with Gasteiger partial charge in [-0.05, 0) is 43.5 Å². The Bertz CT molecular complexity index is 717. The van der Waals surface area contributed by atoms with Crippen molar-refractivity contribution in [2.45, 2.75) is 30.2 Å². The number of carbonyl (C=O) groups is 2. The van der Waals surface area contributed by atoms with Gasteiger partial charge in [-0.2, -0.15) is 0 Å². The number of methoxy groups -OCH3 is 1. The first-order chi connectivity index (χ1) is 11.8. The Balaban J connectivity index is 1.95. The smallest absolute Gasteiger partial charge is 0.306 e. The van der Waals surface area contributed by atoms with Crippen molar-refractivity contribution >= 4 is 21.9 Å². The van der Waals surface area contributed by atoms with E-state index >= 15 is 0 Å².